The zero-order valence-electron chi connectivity index (χ0n) is 13.9. The third-order valence-electron chi connectivity index (χ3n) is 3.95. The molecule has 0 saturated heterocycles. The second kappa shape index (κ2) is 6.32. The molecule has 130 valence electrons. The Morgan fingerprint density at radius 2 is 2.15 bits per heavy atom. The van der Waals surface area contributed by atoms with Crippen LogP contribution >= 0.6 is 0 Å². The van der Waals surface area contributed by atoms with E-state index in [-0.39, 0.29) is 11.9 Å². The summed E-state index contributed by atoms with van der Waals surface area (Å²) in [6.45, 7) is 0.419. The quantitative estimate of drug-likeness (QED) is 0.564. The van der Waals surface area contributed by atoms with Gasteiger partial charge in [-0.2, -0.15) is 10.1 Å². The Morgan fingerprint density at radius 1 is 1.27 bits per heavy atom. The molecule has 0 aliphatic carbocycles. The predicted molar refractivity (Wildman–Crippen MR) is 94.3 cm³/mol. The second-order valence-electron chi connectivity index (χ2n) is 5.64. The van der Waals surface area contributed by atoms with Crippen LogP contribution in [0.4, 0.5) is 5.95 Å². The van der Waals surface area contributed by atoms with E-state index in [9.17, 15) is 4.79 Å². The van der Waals surface area contributed by atoms with Crippen LogP contribution < -0.4 is 5.73 Å². The highest BCUT2D eigenvalue weighted by Gasteiger charge is 2.16. The van der Waals surface area contributed by atoms with Crippen molar-refractivity contribution in [3.05, 3.63) is 60.0 Å². The first-order valence-electron chi connectivity index (χ1n) is 7.86. The smallest absolute Gasteiger partial charge is 0.337 e. The van der Waals surface area contributed by atoms with Gasteiger partial charge in [0.15, 0.2) is 11.4 Å². The van der Waals surface area contributed by atoms with Crippen LogP contribution in [-0.4, -0.2) is 32.8 Å². The number of rotatable bonds is 4. The third kappa shape index (κ3) is 2.77. The van der Waals surface area contributed by atoms with Crippen LogP contribution in [-0.2, 0) is 11.3 Å². The number of furan rings is 1. The van der Waals surface area contributed by atoms with Crippen LogP contribution in [0.3, 0.4) is 0 Å². The van der Waals surface area contributed by atoms with Gasteiger partial charge in [-0.05, 0) is 29.8 Å². The number of esters is 1. The minimum absolute atomic E-state index is 0.133. The third-order valence-corrected chi connectivity index (χ3v) is 3.95. The molecular formula is C18H15N5O3. The van der Waals surface area contributed by atoms with Gasteiger partial charge in [-0.3, -0.25) is 0 Å². The van der Waals surface area contributed by atoms with Crippen molar-refractivity contribution in [2.24, 2.45) is 0 Å². The lowest BCUT2D eigenvalue weighted by atomic mass is 10.1. The summed E-state index contributed by atoms with van der Waals surface area (Å²) in [6, 6.07) is 10.7. The van der Waals surface area contributed by atoms with Crippen LogP contribution in [0.2, 0.25) is 0 Å². The average molecular weight is 349 g/mol. The molecule has 4 aromatic rings. The molecule has 0 spiro atoms. The van der Waals surface area contributed by atoms with Gasteiger partial charge in [-0.25, -0.2) is 14.5 Å². The number of anilines is 1. The highest BCUT2D eigenvalue weighted by molar-refractivity contribution is 5.90. The number of carbonyl (C=O) groups excluding carboxylic acids is 1. The summed E-state index contributed by atoms with van der Waals surface area (Å²) < 4.78 is 11.9. The van der Waals surface area contributed by atoms with Gasteiger partial charge in [0.2, 0.25) is 5.95 Å². The monoisotopic (exact) mass is 349 g/mol. The first-order valence-corrected chi connectivity index (χ1v) is 7.86. The lowest BCUT2D eigenvalue weighted by Crippen LogP contribution is -2.07. The SMILES string of the molecule is COC(=O)c1cccc(Cn2ncc3c(-c4ccco4)nc(N)nc32)c1. The number of nitrogens with two attached hydrogens (primary N) is 1. The lowest BCUT2D eigenvalue weighted by molar-refractivity contribution is 0.0600. The fourth-order valence-electron chi connectivity index (χ4n) is 2.78. The van der Waals surface area contributed by atoms with E-state index in [2.05, 4.69) is 15.1 Å². The maximum atomic E-state index is 11.7. The molecule has 3 aromatic heterocycles. The molecular weight excluding hydrogens is 334 g/mol. The Bertz CT molecular complexity index is 1090. The van der Waals surface area contributed by atoms with Crippen molar-refractivity contribution in [3.63, 3.8) is 0 Å². The molecule has 4 rings (SSSR count). The van der Waals surface area contributed by atoms with Crippen LogP contribution in [0.5, 0.6) is 0 Å². The maximum Gasteiger partial charge on any atom is 0.337 e. The zero-order chi connectivity index (χ0) is 18.1. The van der Waals surface area contributed by atoms with Crippen LogP contribution in [0, 0.1) is 0 Å². The fourth-order valence-corrected chi connectivity index (χ4v) is 2.78. The van der Waals surface area contributed by atoms with Crippen LogP contribution in [0.25, 0.3) is 22.5 Å². The summed E-state index contributed by atoms with van der Waals surface area (Å²) in [5.41, 5.74) is 8.41. The first-order chi connectivity index (χ1) is 12.7. The minimum Gasteiger partial charge on any atom is -0.465 e. The van der Waals surface area contributed by atoms with Crippen molar-refractivity contribution in [3.8, 4) is 11.5 Å². The molecule has 0 saturated carbocycles. The van der Waals surface area contributed by atoms with Gasteiger partial charge < -0.3 is 14.9 Å². The van der Waals surface area contributed by atoms with Crippen molar-refractivity contribution in [1.29, 1.82) is 0 Å². The molecule has 1 aromatic carbocycles. The van der Waals surface area contributed by atoms with Gasteiger partial charge in [0.05, 0.1) is 37.1 Å². The molecule has 2 N–H and O–H groups in total. The maximum absolute atomic E-state index is 11.7. The molecule has 0 radical (unpaired) electrons. The Labute approximate surface area is 148 Å². The van der Waals surface area contributed by atoms with E-state index in [1.165, 1.54) is 7.11 Å². The highest BCUT2D eigenvalue weighted by Crippen LogP contribution is 2.27. The van der Waals surface area contributed by atoms with E-state index >= 15 is 0 Å². The first kappa shape index (κ1) is 15.8. The van der Waals surface area contributed by atoms with Crippen LogP contribution in [0.1, 0.15) is 15.9 Å². The molecule has 8 nitrogen and oxygen atoms in total. The molecule has 0 aliphatic rings. The molecule has 0 bridgehead atoms. The molecule has 26 heavy (non-hydrogen) atoms. The molecule has 0 fully saturated rings. The number of ether oxygens (including phenoxy) is 1. The summed E-state index contributed by atoms with van der Waals surface area (Å²) in [5, 5.41) is 5.13. The van der Waals surface area contributed by atoms with Crippen LogP contribution in [0.15, 0.2) is 53.3 Å². The summed E-state index contributed by atoms with van der Waals surface area (Å²) in [6.07, 6.45) is 3.25. The average Bonchev–Trinajstić information content (AvgIpc) is 3.31. The molecule has 0 atom stereocenters. The molecule has 0 amide bonds. The number of hydrogen-bond donors (Lipinski definition) is 1. The van der Waals surface area contributed by atoms with E-state index in [0.717, 1.165) is 10.9 Å². The second-order valence-corrected chi connectivity index (χ2v) is 5.64. The summed E-state index contributed by atoms with van der Waals surface area (Å²) in [5.74, 6) is 0.342. The van der Waals surface area contributed by atoms with Gasteiger partial charge in [0, 0.05) is 0 Å². The van der Waals surface area contributed by atoms with E-state index in [4.69, 9.17) is 14.9 Å². The number of benzene rings is 1. The standard InChI is InChI=1S/C18H15N5O3/c1-25-17(24)12-5-2-4-11(8-12)10-23-16-13(9-20-23)15(21-18(19)22-16)14-6-3-7-26-14/h2-9H,10H2,1H3,(H2,19,21,22). The van der Waals surface area contributed by atoms with Gasteiger partial charge in [-0.15, -0.1) is 0 Å². The van der Waals surface area contributed by atoms with Crippen molar-refractivity contribution >= 4 is 23.0 Å². The van der Waals surface area contributed by atoms with E-state index in [0.29, 0.717) is 29.2 Å². The number of nitrogens with zero attached hydrogens (tertiary/aromatic N) is 4. The molecule has 3 heterocycles. The van der Waals surface area contributed by atoms with Crippen molar-refractivity contribution in [1.82, 2.24) is 19.7 Å². The predicted octanol–water partition coefficient (Wildman–Crippen LogP) is 2.50. The minimum atomic E-state index is -0.385. The fraction of sp³-hybridized carbons (Fsp3) is 0.111. The zero-order valence-corrected chi connectivity index (χ0v) is 13.9. The summed E-state index contributed by atoms with van der Waals surface area (Å²) in [4.78, 5) is 20.3. The number of nitrogen functional groups attached to an aromatic ring is 1. The Morgan fingerprint density at radius 3 is 2.92 bits per heavy atom. The van der Waals surface area contributed by atoms with Gasteiger partial charge in [0.1, 0.15) is 5.69 Å². The largest absolute Gasteiger partial charge is 0.465 e. The number of carbonyl (C=O) groups is 1. The van der Waals surface area contributed by atoms with Crippen molar-refractivity contribution in [2.75, 3.05) is 12.8 Å². The number of fused-ring (bicyclic) bond motifs is 1. The summed E-state index contributed by atoms with van der Waals surface area (Å²) in [7, 11) is 1.35. The van der Waals surface area contributed by atoms with Crippen molar-refractivity contribution < 1.29 is 13.9 Å². The lowest BCUT2D eigenvalue weighted by Gasteiger charge is -2.06. The van der Waals surface area contributed by atoms with E-state index in [1.807, 2.05) is 6.07 Å². The Balaban J connectivity index is 1.76. The summed E-state index contributed by atoms with van der Waals surface area (Å²) >= 11 is 0. The van der Waals surface area contributed by atoms with Gasteiger partial charge >= 0.3 is 5.97 Å². The van der Waals surface area contributed by atoms with E-state index < -0.39 is 0 Å². The number of methoxy groups -OCH3 is 1. The normalized spacial score (nSPS) is 11.0. The highest BCUT2D eigenvalue weighted by atomic mass is 16.5. The molecule has 8 heteroatoms. The molecule has 0 aliphatic heterocycles. The topological polar surface area (TPSA) is 109 Å². The van der Waals surface area contributed by atoms with Gasteiger partial charge in [-0.1, -0.05) is 12.1 Å². The number of hydrogen-bond acceptors (Lipinski definition) is 7. The Hall–Kier alpha value is -3.68. The Kier molecular flexibility index (Phi) is 3.85. The van der Waals surface area contributed by atoms with E-state index in [1.54, 1.807) is 47.5 Å². The number of aromatic nitrogens is 4. The molecule has 0 unspecified atom stereocenters. The van der Waals surface area contributed by atoms with Crippen molar-refractivity contribution in [2.45, 2.75) is 6.54 Å². The van der Waals surface area contributed by atoms with Gasteiger partial charge in [0.25, 0.3) is 0 Å².